The van der Waals surface area contributed by atoms with Crippen LogP contribution in [0.5, 0.6) is 5.75 Å². The smallest absolute Gasteiger partial charge is 0.409 e. The Morgan fingerprint density at radius 3 is 2.40 bits per heavy atom. The maximum atomic E-state index is 14.3. The molecule has 23 nitrogen and oxygen atoms in total. The summed E-state index contributed by atoms with van der Waals surface area (Å²) in [4.78, 5) is 95.4. The zero-order valence-corrected chi connectivity index (χ0v) is 46.6. The highest BCUT2D eigenvalue weighted by Gasteiger charge is 2.64. The lowest BCUT2D eigenvalue weighted by molar-refractivity contribution is -0.162. The Hall–Kier alpha value is -6.60. The van der Waals surface area contributed by atoms with Crippen molar-refractivity contribution in [2.45, 2.75) is 121 Å². The summed E-state index contributed by atoms with van der Waals surface area (Å²) >= 11 is 6.80. The molecule has 2 fully saturated rings. The molecule has 7 N–H and O–H groups in total. The lowest BCUT2D eigenvalue weighted by Gasteiger charge is -2.42. The number of alkyl carbamates (subject to hydrolysis) is 1. The Balaban J connectivity index is 1.04. The summed E-state index contributed by atoms with van der Waals surface area (Å²) in [5.41, 5.74) is 3.79. The number of halogens is 1. The largest absolute Gasteiger partial charge is 0.495 e. The zero-order valence-electron chi connectivity index (χ0n) is 45.8. The molecule has 1 aromatic heterocycles. The number of hydrazine groups is 1. The number of nitrogens with zero attached hydrogens (tertiary/aromatic N) is 4. The van der Waals surface area contributed by atoms with Gasteiger partial charge < -0.3 is 64.2 Å². The van der Waals surface area contributed by atoms with Gasteiger partial charge in [-0.3, -0.25) is 34.7 Å². The van der Waals surface area contributed by atoms with Crippen molar-refractivity contribution in [3.63, 3.8) is 0 Å². The normalized spacial score (nSPS) is 25.3. The van der Waals surface area contributed by atoms with Crippen molar-refractivity contribution >= 4 is 69.8 Å². The van der Waals surface area contributed by atoms with Crippen molar-refractivity contribution in [2.24, 2.45) is 5.92 Å². The fourth-order valence-electron chi connectivity index (χ4n) is 9.67. The van der Waals surface area contributed by atoms with Crippen molar-refractivity contribution in [3.05, 3.63) is 82.5 Å². The van der Waals surface area contributed by atoms with E-state index in [1.165, 1.54) is 40.1 Å². The van der Waals surface area contributed by atoms with Gasteiger partial charge in [0.05, 0.1) is 31.9 Å². The number of benzene rings is 2. The summed E-state index contributed by atoms with van der Waals surface area (Å²) in [5, 5.41) is 35.4. The van der Waals surface area contributed by atoms with Gasteiger partial charge in [-0.25, -0.2) is 14.6 Å². The molecule has 426 valence electrons. The first-order valence-corrected chi connectivity index (χ1v) is 26.1. The molecule has 6 rings (SSSR count). The molecule has 0 radical (unpaired) electrons. The number of para-hydroxylation sites is 1. The van der Waals surface area contributed by atoms with E-state index in [-0.39, 0.29) is 49.8 Å². The van der Waals surface area contributed by atoms with Crippen molar-refractivity contribution in [1.82, 2.24) is 41.2 Å². The number of epoxide rings is 1. The Kier molecular flexibility index (Phi) is 20.5. The van der Waals surface area contributed by atoms with E-state index in [0.29, 0.717) is 30.9 Å². The third-order valence-corrected chi connectivity index (χ3v) is 15.0. The monoisotopic (exact) mass is 1110 g/mol. The van der Waals surface area contributed by atoms with E-state index in [1.807, 2.05) is 56.4 Å². The van der Waals surface area contributed by atoms with E-state index in [9.17, 15) is 43.8 Å². The van der Waals surface area contributed by atoms with Crippen molar-refractivity contribution < 1.29 is 67.5 Å². The molecule has 0 aliphatic carbocycles. The molecule has 9 atom stereocenters. The minimum atomic E-state index is -2.12. The number of anilines is 1. The third-order valence-electron chi connectivity index (χ3n) is 14.6. The summed E-state index contributed by atoms with van der Waals surface area (Å²) < 4.78 is 31.4. The molecular formula is C54H74ClN9O14. The van der Waals surface area contributed by atoms with Gasteiger partial charge >= 0.3 is 12.1 Å². The van der Waals surface area contributed by atoms with Crippen LogP contribution in [0.25, 0.3) is 10.9 Å². The number of aliphatic hydroxyl groups is 2. The van der Waals surface area contributed by atoms with Gasteiger partial charge in [-0.05, 0) is 69.5 Å². The van der Waals surface area contributed by atoms with Crippen LogP contribution in [0.2, 0.25) is 5.02 Å². The molecule has 3 aliphatic heterocycles. The lowest BCUT2D eigenvalue weighted by Crippen LogP contribution is -2.63. The summed E-state index contributed by atoms with van der Waals surface area (Å²) in [6, 6.07) is 12.2. The summed E-state index contributed by atoms with van der Waals surface area (Å²) in [6.45, 7) is 7.36. The van der Waals surface area contributed by atoms with Crippen LogP contribution in [0.4, 0.5) is 10.5 Å². The molecule has 4 heterocycles. The number of carbonyl (C=O) groups excluding carboxylic acids is 7. The van der Waals surface area contributed by atoms with Gasteiger partial charge in [0.2, 0.25) is 23.8 Å². The number of ether oxygens (including phenoxy) is 5. The number of carbonyl (C=O) groups is 7. The van der Waals surface area contributed by atoms with Gasteiger partial charge in [-0.1, -0.05) is 60.5 Å². The van der Waals surface area contributed by atoms with Gasteiger partial charge in [0, 0.05) is 90.8 Å². The molecule has 78 heavy (non-hydrogen) atoms. The zero-order chi connectivity index (χ0) is 57.2. The maximum absolute atomic E-state index is 14.3. The van der Waals surface area contributed by atoms with Crippen molar-refractivity contribution in [3.8, 4) is 5.75 Å². The van der Waals surface area contributed by atoms with Crippen LogP contribution < -0.4 is 36.3 Å². The van der Waals surface area contributed by atoms with Gasteiger partial charge in [-0.15, -0.1) is 0 Å². The van der Waals surface area contributed by atoms with Crippen LogP contribution in [0.15, 0.2) is 66.3 Å². The fraction of sp³-hybridized carbons (Fsp3) is 0.537. The molecule has 6 amide bonds. The van der Waals surface area contributed by atoms with Crippen LogP contribution in [-0.4, -0.2) is 176 Å². The highest BCUT2D eigenvalue weighted by Crippen LogP contribution is 2.49. The first-order valence-electron chi connectivity index (χ1n) is 25.8. The van der Waals surface area contributed by atoms with Crippen molar-refractivity contribution in [2.75, 3.05) is 66.9 Å². The maximum Gasteiger partial charge on any atom is 0.409 e. The number of hydrogen-bond acceptors (Lipinski definition) is 16. The first-order chi connectivity index (χ1) is 36.9. The number of aliphatic hydroxyl groups excluding tert-OH is 1. The quantitative estimate of drug-likeness (QED) is 0.0298. The number of esters is 1. The molecule has 3 aliphatic rings. The molecule has 0 saturated carbocycles. The number of allylic oxidation sites excluding steroid dienone is 3. The second-order valence-corrected chi connectivity index (χ2v) is 20.5. The number of hydrogen-bond donors (Lipinski definition) is 7. The van der Waals surface area contributed by atoms with Crippen LogP contribution in [0, 0.1) is 5.92 Å². The van der Waals surface area contributed by atoms with E-state index >= 15 is 0 Å². The first kappa shape index (κ1) is 60.6. The Morgan fingerprint density at radius 2 is 1.71 bits per heavy atom. The summed E-state index contributed by atoms with van der Waals surface area (Å²) in [6.07, 6.45) is -2.20. The summed E-state index contributed by atoms with van der Waals surface area (Å²) in [5.74, 6) is -4.71. The third kappa shape index (κ3) is 14.5. The van der Waals surface area contributed by atoms with E-state index in [2.05, 4.69) is 37.3 Å². The number of methoxy groups -OCH3 is 2. The van der Waals surface area contributed by atoms with E-state index in [4.69, 9.17) is 35.3 Å². The highest BCUT2D eigenvalue weighted by molar-refractivity contribution is 6.35. The molecule has 0 spiro atoms. The number of rotatable bonds is 19. The van der Waals surface area contributed by atoms with Gasteiger partial charge in [0.25, 0.3) is 11.8 Å². The second-order valence-electron chi connectivity index (χ2n) is 20.2. The van der Waals surface area contributed by atoms with Gasteiger partial charge in [0.1, 0.15) is 40.7 Å². The highest BCUT2D eigenvalue weighted by atomic mass is 35.5. The Labute approximate surface area is 458 Å². The number of likely N-dealkylation sites (N-methyl/N-ethyl adjacent to an activating group) is 1. The van der Waals surface area contributed by atoms with Gasteiger partial charge in [-0.2, -0.15) is 0 Å². The molecule has 2 unspecified atom stereocenters. The SMILES string of the molecule is CNN(C)Cc1cc2ccccc2n1CCC(=O)NCCNC(=O)C(O)C(=O)NCCC(=O)N(C)[C@@H](C)C(=O)O[C@H]1CC(=O)N(C)c2cc(cc(OC)c2Cl)C/C(C)=C/C=C/[C@@H](OC)[C@@]2(O)C[C@H](OC(=O)N2)[C@@H](C)[C@@H]2OC12C. The number of aryl methyl sites for hydroxylation is 1. The minimum Gasteiger partial charge on any atom is -0.495 e. The van der Waals surface area contributed by atoms with Crippen LogP contribution in [0.3, 0.4) is 0 Å². The van der Waals surface area contributed by atoms with Crippen molar-refractivity contribution in [1.29, 1.82) is 0 Å². The predicted molar refractivity (Wildman–Crippen MR) is 288 cm³/mol. The lowest BCUT2D eigenvalue weighted by atomic mass is 9.83. The average Bonchev–Trinajstić information content (AvgIpc) is 4.17. The standard InChI is InChI=1S/C54H74ClN9O14/c1-31-14-13-17-41(75-10)54(73)29-40(76-52(72)60-54)32(2)48-53(4,78-48)42(28-45(67)63(8)38-25-34(24-31)26-39(74-9)46(38)55)77-51(71)33(3)62(7)44(66)18-20-58-49(69)47(68)50(70)59-22-21-57-43(65)19-23-64-36(30-61(6)56-5)27-35-15-11-12-16-37(35)64/h11-17,25-27,32-33,40-42,47-48,56,68,73H,18-24,28-30H2,1-10H3,(H,57,65)(H,58,69)(H,59,70)(H,60,72)/b17-13+,31-14+/t32-,33+,40+,41-,42+,47?,48+,53?,54+/m1/s1. The number of nitrogens with one attached hydrogen (secondary N) is 5. The number of fused-ring (bicyclic) bond motifs is 6. The number of amides is 6. The Morgan fingerprint density at radius 1 is 1.01 bits per heavy atom. The van der Waals surface area contributed by atoms with Gasteiger partial charge in [0.15, 0.2) is 5.72 Å². The predicted octanol–water partition coefficient (Wildman–Crippen LogP) is 2.23. The molecule has 4 bridgehead atoms. The van der Waals surface area contributed by atoms with E-state index < -0.39 is 95.9 Å². The molecule has 3 aromatic rings. The van der Waals surface area contributed by atoms with Crippen LogP contribution in [0.1, 0.15) is 64.6 Å². The molecule has 2 saturated heterocycles. The molecule has 2 aromatic carbocycles. The van der Waals surface area contributed by atoms with Crippen LogP contribution in [-0.2, 0) is 67.2 Å². The van der Waals surface area contributed by atoms with E-state index in [0.717, 1.165) is 32.6 Å². The summed E-state index contributed by atoms with van der Waals surface area (Å²) in [7, 11) is 9.46. The minimum absolute atomic E-state index is 0.0354. The average molecular weight is 1110 g/mol. The second kappa shape index (κ2) is 26.4. The van der Waals surface area contributed by atoms with E-state index in [1.54, 1.807) is 38.1 Å². The molecule has 24 heteroatoms. The Bertz CT molecular complexity index is 2770. The number of aromatic nitrogens is 1. The molecular weight excluding hydrogens is 1030 g/mol. The topological polar surface area (TPSA) is 284 Å². The fourth-order valence-corrected chi connectivity index (χ4v) is 9.99. The van der Waals surface area contributed by atoms with Crippen LogP contribution >= 0.6 is 11.6 Å².